The second-order valence-electron chi connectivity index (χ2n) is 6.89. The van der Waals surface area contributed by atoms with Crippen LogP contribution in [0.4, 0.5) is 9.52 Å². The lowest BCUT2D eigenvalue weighted by atomic mass is 10.1. The molecule has 0 aliphatic carbocycles. The van der Waals surface area contributed by atoms with E-state index in [0.717, 1.165) is 5.56 Å². The van der Waals surface area contributed by atoms with Crippen LogP contribution >= 0.6 is 11.3 Å². The van der Waals surface area contributed by atoms with Gasteiger partial charge in [0.2, 0.25) is 0 Å². The Balaban J connectivity index is 1.75. The van der Waals surface area contributed by atoms with Crippen molar-refractivity contribution in [1.82, 2.24) is 9.97 Å². The molecule has 0 atom stereocenters. The zero-order valence-electron chi connectivity index (χ0n) is 17.7. The van der Waals surface area contributed by atoms with Crippen LogP contribution in [0.3, 0.4) is 0 Å². The third-order valence-electron chi connectivity index (χ3n) is 4.67. The van der Waals surface area contributed by atoms with Gasteiger partial charge < -0.3 is 9.47 Å². The fraction of sp³-hybridized carbons (Fsp3) is 0.208. The molecule has 6 nitrogen and oxygen atoms in total. The number of carbonyl (C=O) groups is 1. The second kappa shape index (κ2) is 9.74. The predicted molar refractivity (Wildman–Crippen MR) is 123 cm³/mol. The Morgan fingerprint density at radius 1 is 1.06 bits per heavy atom. The molecule has 0 bridgehead atoms. The Bertz CT molecular complexity index is 1230. The number of nitrogens with zero attached hydrogens (tertiary/aromatic N) is 3. The molecule has 0 saturated carbocycles. The number of carbonyl (C=O) groups excluding carboxylic acids is 1. The fourth-order valence-corrected chi connectivity index (χ4v) is 4.23. The molecule has 32 heavy (non-hydrogen) atoms. The van der Waals surface area contributed by atoms with Crippen LogP contribution < -0.4 is 14.4 Å². The highest BCUT2D eigenvalue weighted by atomic mass is 32.1. The van der Waals surface area contributed by atoms with E-state index >= 15 is 0 Å². The van der Waals surface area contributed by atoms with Gasteiger partial charge in [-0.3, -0.25) is 14.7 Å². The van der Waals surface area contributed by atoms with Crippen molar-refractivity contribution in [3.05, 3.63) is 77.9 Å². The summed E-state index contributed by atoms with van der Waals surface area (Å²) in [4.78, 5) is 23.9. The van der Waals surface area contributed by atoms with Gasteiger partial charge in [0.25, 0.3) is 5.91 Å². The van der Waals surface area contributed by atoms with E-state index in [1.165, 1.54) is 23.5 Å². The number of pyridine rings is 1. The summed E-state index contributed by atoms with van der Waals surface area (Å²) in [7, 11) is 0. The third kappa shape index (κ3) is 4.70. The van der Waals surface area contributed by atoms with E-state index in [9.17, 15) is 9.18 Å². The Labute approximate surface area is 189 Å². The summed E-state index contributed by atoms with van der Waals surface area (Å²) in [6, 6.07) is 13.2. The van der Waals surface area contributed by atoms with Crippen molar-refractivity contribution in [3.63, 3.8) is 0 Å². The summed E-state index contributed by atoms with van der Waals surface area (Å²) in [5, 5.41) is 0.478. The minimum atomic E-state index is -0.342. The van der Waals surface area contributed by atoms with E-state index in [0.29, 0.717) is 45.6 Å². The SMILES string of the molecule is CCOc1ccc(C(=O)N(Cc2cccnc2)c2nc3ccc(F)cc3s2)cc1OCC. The van der Waals surface area contributed by atoms with Crippen molar-refractivity contribution in [1.29, 1.82) is 0 Å². The number of amides is 1. The number of thiazole rings is 1. The van der Waals surface area contributed by atoms with E-state index < -0.39 is 0 Å². The topological polar surface area (TPSA) is 64.5 Å². The third-order valence-corrected chi connectivity index (χ3v) is 5.71. The molecule has 0 N–H and O–H groups in total. The Hall–Kier alpha value is -3.52. The maximum Gasteiger partial charge on any atom is 0.260 e. The van der Waals surface area contributed by atoms with Crippen LogP contribution in [0.25, 0.3) is 10.2 Å². The van der Waals surface area contributed by atoms with Crippen LogP contribution in [0.1, 0.15) is 29.8 Å². The Morgan fingerprint density at radius 2 is 1.88 bits per heavy atom. The highest BCUT2D eigenvalue weighted by molar-refractivity contribution is 7.22. The molecule has 8 heteroatoms. The van der Waals surface area contributed by atoms with Crippen molar-refractivity contribution >= 4 is 32.6 Å². The molecule has 0 radical (unpaired) electrons. The summed E-state index contributed by atoms with van der Waals surface area (Å²) in [5.41, 5.74) is 1.92. The average molecular weight is 452 g/mol. The van der Waals surface area contributed by atoms with Crippen molar-refractivity contribution in [2.45, 2.75) is 20.4 Å². The molecule has 2 heterocycles. The molecule has 2 aromatic heterocycles. The predicted octanol–water partition coefficient (Wildman–Crippen LogP) is 5.47. The highest BCUT2D eigenvalue weighted by Gasteiger charge is 2.23. The molecular formula is C24H22FN3O3S. The fourth-order valence-electron chi connectivity index (χ4n) is 3.24. The molecule has 2 aromatic carbocycles. The van der Waals surface area contributed by atoms with Gasteiger partial charge in [0.1, 0.15) is 5.82 Å². The lowest BCUT2D eigenvalue weighted by Gasteiger charge is -2.21. The first-order valence-electron chi connectivity index (χ1n) is 10.3. The number of fused-ring (bicyclic) bond motifs is 1. The lowest BCUT2D eigenvalue weighted by molar-refractivity contribution is 0.0984. The Kier molecular flexibility index (Phi) is 6.61. The van der Waals surface area contributed by atoms with Gasteiger partial charge in [-0.15, -0.1) is 0 Å². The van der Waals surface area contributed by atoms with Crippen molar-refractivity contribution in [3.8, 4) is 11.5 Å². The van der Waals surface area contributed by atoms with Gasteiger partial charge in [-0.05, 0) is 61.9 Å². The smallest absolute Gasteiger partial charge is 0.260 e. The number of halogens is 1. The monoisotopic (exact) mass is 451 g/mol. The minimum absolute atomic E-state index is 0.252. The molecule has 0 fully saturated rings. The number of hydrogen-bond donors (Lipinski definition) is 0. The highest BCUT2D eigenvalue weighted by Crippen LogP contribution is 2.33. The van der Waals surface area contributed by atoms with Crippen LogP contribution in [0.2, 0.25) is 0 Å². The van der Waals surface area contributed by atoms with Crippen molar-refractivity contribution in [2.24, 2.45) is 0 Å². The average Bonchev–Trinajstić information content (AvgIpc) is 3.22. The molecule has 0 unspecified atom stereocenters. The number of aromatic nitrogens is 2. The minimum Gasteiger partial charge on any atom is -0.490 e. The normalized spacial score (nSPS) is 10.8. The van der Waals surface area contributed by atoms with Gasteiger partial charge >= 0.3 is 0 Å². The Morgan fingerprint density at radius 3 is 2.62 bits per heavy atom. The van der Waals surface area contributed by atoms with Crippen LogP contribution in [-0.2, 0) is 6.54 Å². The van der Waals surface area contributed by atoms with Crippen LogP contribution in [0, 0.1) is 5.82 Å². The van der Waals surface area contributed by atoms with Gasteiger partial charge in [-0.2, -0.15) is 0 Å². The summed E-state index contributed by atoms with van der Waals surface area (Å²) >= 11 is 1.27. The van der Waals surface area contributed by atoms with E-state index in [1.807, 2.05) is 26.0 Å². The van der Waals surface area contributed by atoms with Gasteiger partial charge in [-0.25, -0.2) is 9.37 Å². The maximum atomic E-state index is 13.7. The number of hydrogen-bond acceptors (Lipinski definition) is 6. The molecule has 4 aromatic rings. The number of benzene rings is 2. The quantitative estimate of drug-likeness (QED) is 0.355. The van der Waals surface area contributed by atoms with E-state index in [2.05, 4.69) is 9.97 Å². The summed E-state index contributed by atoms with van der Waals surface area (Å²) < 4.78 is 25.7. The molecule has 0 aliphatic heterocycles. The zero-order chi connectivity index (χ0) is 22.5. The molecule has 0 spiro atoms. The zero-order valence-corrected chi connectivity index (χ0v) is 18.6. The second-order valence-corrected chi connectivity index (χ2v) is 7.90. The summed E-state index contributed by atoms with van der Waals surface area (Å²) in [6.07, 6.45) is 3.38. The van der Waals surface area contributed by atoms with Crippen molar-refractivity contribution in [2.75, 3.05) is 18.1 Å². The van der Waals surface area contributed by atoms with Gasteiger partial charge in [0.15, 0.2) is 16.6 Å². The maximum absolute atomic E-state index is 13.7. The largest absolute Gasteiger partial charge is 0.490 e. The number of ether oxygens (including phenoxy) is 2. The van der Waals surface area contributed by atoms with Crippen LogP contribution in [0.5, 0.6) is 11.5 Å². The molecule has 0 aliphatic rings. The first-order chi connectivity index (χ1) is 15.6. The summed E-state index contributed by atoms with van der Waals surface area (Å²) in [5.74, 6) is 0.496. The molecule has 1 amide bonds. The molecule has 0 saturated heterocycles. The first kappa shape index (κ1) is 21.7. The lowest BCUT2D eigenvalue weighted by Crippen LogP contribution is -2.30. The van der Waals surface area contributed by atoms with Gasteiger partial charge in [0, 0.05) is 18.0 Å². The molecule has 164 valence electrons. The van der Waals surface area contributed by atoms with Gasteiger partial charge in [-0.1, -0.05) is 17.4 Å². The molecule has 4 rings (SSSR count). The van der Waals surface area contributed by atoms with Crippen LogP contribution in [-0.4, -0.2) is 29.1 Å². The van der Waals surface area contributed by atoms with Crippen molar-refractivity contribution < 1.29 is 18.7 Å². The summed E-state index contributed by atoms with van der Waals surface area (Å²) in [6.45, 7) is 4.97. The first-order valence-corrected chi connectivity index (χ1v) is 11.1. The van der Waals surface area contributed by atoms with Gasteiger partial charge in [0.05, 0.1) is 30.0 Å². The van der Waals surface area contributed by atoms with E-state index in [-0.39, 0.29) is 18.3 Å². The molecular weight excluding hydrogens is 429 g/mol. The number of rotatable bonds is 8. The standard InChI is InChI=1S/C24H22FN3O3S/c1-3-30-20-10-7-17(12-21(20)31-4-2)23(29)28(15-16-6-5-11-26-14-16)24-27-19-9-8-18(25)13-22(19)32-24/h5-14H,3-4,15H2,1-2H3. The number of anilines is 1. The van der Waals surface area contributed by atoms with E-state index in [1.54, 1.807) is 41.6 Å². The van der Waals surface area contributed by atoms with Crippen LogP contribution in [0.15, 0.2) is 60.9 Å². The van der Waals surface area contributed by atoms with E-state index in [4.69, 9.17) is 9.47 Å².